The van der Waals surface area contributed by atoms with Gasteiger partial charge in [-0.2, -0.15) is 5.10 Å². The van der Waals surface area contributed by atoms with Gasteiger partial charge in [-0.3, -0.25) is 4.79 Å². The van der Waals surface area contributed by atoms with Gasteiger partial charge in [-0.05, 0) is 48.3 Å². The van der Waals surface area contributed by atoms with E-state index in [9.17, 15) is 4.79 Å². The van der Waals surface area contributed by atoms with Crippen LogP contribution < -0.4 is 5.43 Å². The van der Waals surface area contributed by atoms with E-state index in [-0.39, 0.29) is 11.8 Å². The summed E-state index contributed by atoms with van der Waals surface area (Å²) in [6.07, 6.45) is 1.99. The Labute approximate surface area is 150 Å². The molecule has 2 atom stereocenters. The topological polar surface area (TPSA) is 41.5 Å². The zero-order valence-corrected chi connectivity index (χ0v) is 15.2. The van der Waals surface area contributed by atoms with Crippen LogP contribution in [-0.2, 0) is 11.2 Å². The third-order valence-corrected chi connectivity index (χ3v) is 4.70. The van der Waals surface area contributed by atoms with Crippen LogP contribution in [0.2, 0.25) is 0 Å². The quantitative estimate of drug-likeness (QED) is 0.612. The summed E-state index contributed by atoms with van der Waals surface area (Å²) in [7, 11) is 0. The van der Waals surface area contributed by atoms with E-state index in [0.717, 1.165) is 24.1 Å². The van der Waals surface area contributed by atoms with E-state index in [1.165, 1.54) is 11.1 Å². The molecule has 0 saturated heterocycles. The first kappa shape index (κ1) is 17.4. The summed E-state index contributed by atoms with van der Waals surface area (Å²) in [4.78, 5) is 12.3. The van der Waals surface area contributed by atoms with Crippen LogP contribution in [-0.4, -0.2) is 11.6 Å². The van der Waals surface area contributed by atoms with Crippen LogP contribution in [0, 0.1) is 11.8 Å². The lowest BCUT2D eigenvalue weighted by Gasteiger charge is -2.07. The number of nitrogens with zero attached hydrogens (tertiary/aromatic N) is 1. The third-order valence-electron chi connectivity index (χ3n) is 4.70. The normalized spacial score (nSPS) is 19.8. The number of benzene rings is 2. The Morgan fingerprint density at radius 1 is 1.12 bits per heavy atom. The van der Waals surface area contributed by atoms with E-state index >= 15 is 0 Å². The summed E-state index contributed by atoms with van der Waals surface area (Å²) >= 11 is 0. The molecule has 3 rings (SSSR count). The second-order valence-corrected chi connectivity index (χ2v) is 7.33. The molecule has 25 heavy (non-hydrogen) atoms. The van der Waals surface area contributed by atoms with Crippen molar-refractivity contribution in [2.75, 3.05) is 0 Å². The molecule has 0 bridgehead atoms. The van der Waals surface area contributed by atoms with Gasteiger partial charge in [0.05, 0.1) is 5.71 Å². The molecule has 3 nitrogen and oxygen atoms in total. The molecule has 1 saturated carbocycles. The van der Waals surface area contributed by atoms with Crippen LogP contribution in [0.5, 0.6) is 0 Å². The van der Waals surface area contributed by atoms with Gasteiger partial charge < -0.3 is 0 Å². The first-order valence-corrected chi connectivity index (χ1v) is 9.03. The molecule has 1 aliphatic carbocycles. The Morgan fingerprint density at radius 2 is 1.80 bits per heavy atom. The molecule has 2 aromatic carbocycles. The fraction of sp³-hybridized carbons (Fsp3) is 0.364. The van der Waals surface area contributed by atoms with Crippen LogP contribution in [0.25, 0.3) is 0 Å². The Kier molecular flexibility index (Phi) is 5.32. The van der Waals surface area contributed by atoms with Crippen LogP contribution in [0.3, 0.4) is 0 Å². The van der Waals surface area contributed by atoms with Crippen molar-refractivity contribution < 1.29 is 4.79 Å². The molecule has 2 aromatic rings. The lowest BCUT2D eigenvalue weighted by molar-refractivity contribution is -0.122. The van der Waals surface area contributed by atoms with E-state index in [1.54, 1.807) is 0 Å². The number of amides is 1. The van der Waals surface area contributed by atoms with Gasteiger partial charge >= 0.3 is 0 Å². The SMILES string of the molecule is C/C(=N\NC(=O)[C@@H]1C[C@H]1c1ccccc1)c1ccc(CC(C)C)cc1. The Bertz CT molecular complexity index is 747. The maximum Gasteiger partial charge on any atom is 0.243 e. The van der Waals surface area contributed by atoms with Crippen molar-refractivity contribution in [1.29, 1.82) is 0 Å². The molecule has 1 amide bonds. The van der Waals surface area contributed by atoms with Gasteiger partial charge in [0.1, 0.15) is 0 Å². The van der Waals surface area contributed by atoms with E-state index in [4.69, 9.17) is 0 Å². The molecule has 1 fully saturated rings. The Morgan fingerprint density at radius 3 is 2.44 bits per heavy atom. The van der Waals surface area contributed by atoms with E-state index in [2.05, 4.69) is 60.8 Å². The van der Waals surface area contributed by atoms with Crippen molar-refractivity contribution in [3.8, 4) is 0 Å². The number of nitrogens with one attached hydrogen (secondary N) is 1. The highest BCUT2D eigenvalue weighted by molar-refractivity contribution is 5.99. The van der Waals surface area contributed by atoms with Crippen LogP contribution in [0.4, 0.5) is 0 Å². The Balaban J connectivity index is 1.56. The van der Waals surface area contributed by atoms with Crippen molar-refractivity contribution in [3.05, 3.63) is 71.3 Å². The predicted octanol–water partition coefficient (Wildman–Crippen LogP) is 4.53. The van der Waals surface area contributed by atoms with E-state index in [0.29, 0.717) is 11.8 Å². The van der Waals surface area contributed by atoms with Crippen molar-refractivity contribution >= 4 is 11.6 Å². The first-order chi connectivity index (χ1) is 12.0. The number of hydrogen-bond donors (Lipinski definition) is 1. The first-order valence-electron chi connectivity index (χ1n) is 9.03. The van der Waals surface area contributed by atoms with Crippen LogP contribution >= 0.6 is 0 Å². The molecular weight excluding hydrogens is 308 g/mol. The fourth-order valence-corrected chi connectivity index (χ4v) is 3.19. The molecule has 0 heterocycles. The summed E-state index contributed by atoms with van der Waals surface area (Å²) in [6.45, 7) is 6.37. The number of rotatable bonds is 6. The lowest BCUT2D eigenvalue weighted by Crippen LogP contribution is -2.21. The maximum absolute atomic E-state index is 12.3. The van der Waals surface area contributed by atoms with Gasteiger partial charge in [-0.15, -0.1) is 0 Å². The molecule has 0 unspecified atom stereocenters. The van der Waals surface area contributed by atoms with E-state index in [1.807, 2.05) is 25.1 Å². The maximum atomic E-state index is 12.3. The van der Waals surface area contributed by atoms with Crippen LogP contribution in [0.15, 0.2) is 59.7 Å². The zero-order valence-electron chi connectivity index (χ0n) is 15.2. The fourth-order valence-electron chi connectivity index (χ4n) is 3.19. The molecule has 0 radical (unpaired) electrons. The molecule has 0 spiro atoms. The minimum Gasteiger partial charge on any atom is -0.273 e. The molecule has 3 heteroatoms. The van der Waals surface area contributed by atoms with Gasteiger partial charge in [0.15, 0.2) is 0 Å². The predicted molar refractivity (Wildman–Crippen MR) is 103 cm³/mol. The molecular formula is C22H26N2O. The van der Waals surface area contributed by atoms with E-state index < -0.39 is 0 Å². The van der Waals surface area contributed by atoms with Gasteiger partial charge in [0.25, 0.3) is 0 Å². The standard InChI is InChI=1S/C22H26N2O/c1-15(2)13-17-9-11-18(12-10-17)16(3)23-24-22(25)21-14-20(21)19-7-5-4-6-8-19/h4-12,15,20-21H,13-14H2,1-3H3,(H,24,25)/b23-16+/t20-,21+/m0/s1. The largest absolute Gasteiger partial charge is 0.273 e. The number of carbonyl (C=O) groups excluding carboxylic acids is 1. The number of hydrazone groups is 1. The highest BCUT2D eigenvalue weighted by Crippen LogP contribution is 2.47. The summed E-state index contributed by atoms with van der Waals surface area (Å²) in [5.74, 6) is 1.06. The minimum absolute atomic E-state index is 0.0182. The van der Waals surface area contributed by atoms with Crippen molar-refractivity contribution in [2.24, 2.45) is 16.9 Å². The molecule has 1 N–H and O–H groups in total. The van der Waals surface area contributed by atoms with Crippen molar-refractivity contribution in [1.82, 2.24) is 5.43 Å². The van der Waals surface area contributed by atoms with Gasteiger partial charge in [-0.1, -0.05) is 68.4 Å². The summed E-state index contributed by atoms with van der Waals surface area (Å²) in [5, 5.41) is 4.29. The van der Waals surface area contributed by atoms with Gasteiger partial charge in [0, 0.05) is 5.92 Å². The average Bonchev–Trinajstić information content (AvgIpc) is 3.41. The highest BCUT2D eigenvalue weighted by Gasteiger charge is 2.43. The molecule has 130 valence electrons. The lowest BCUT2D eigenvalue weighted by atomic mass is 10.0. The highest BCUT2D eigenvalue weighted by atomic mass is 16.2. The number of hydrogen-bond acceptors (Lipinski definition) is 2. The summed E-state index contributed by atoms with van der Waals surface area (Å²) < 4.78 is 0. The summed E-state index contributed by atoms with van der Waals surface area (Å²) in [5.41, 5.74) is 7.19. The second kappa shape index (κ2) is 7.64. The smallest absolute Gasteiger partial charge is 0.243 e. The van der Waals surface area contributed by atoms with Crippen LogP contribution in [0.1, 0.15) is 49.8 Å². The monoisotopic (exact) mass is 334 g/mol. The zero-order chi connectivity index (χ0) is 17.8. The minimum atomic E-state index is 0.0182. The van der Waals surface area contributed by atoms with Crippen molar-refractivity contribution in [2.45, 2.75) is 39.5 Å². The molecule has 0 aliphatic heterocycles. The number of carbonyl (C=O) groups is 1. The average molecular weight is 334 g/mol. The van der Waals surface area contributed by atoms with Gasteiger partial charge in [0.2, 0.25) is 5.91 Å². The van der Waals surface area contributed by atoms with Gasteiger partial charge in [-0.25, -0.2) is 5.43 Å². The third kappa shape index (κ3) is 4.56. The second-order valence-electron chi connectivity index (χ2n) is 7.33. The molecule has 1 aliphatic rings. The molecule has 0 aromatic heterocycles. The van der Waals surface area contributed by atoms with Crippen molar-refractivity contribution in [3.63, 3.8) is 0 Å². The Hall–Kier alpha value is -2.42. The summed E-state index contributed by atoms with van der Waals surface area (Å²) in [6, 6.07) is 18.7.